The topological polar surface area (TPSA) is 61.0 Å². The Hall–Kier alpha value is -2.17. The van der Waals surface area contributed by atoms with Gasteiger partial charge in [0.2, 0.25) is 0 Å². The molecular weight excluding hydrogens is 230 g/mol. The van der Waals surface area contributed by atoms with E-state index in [1.54, 1.807) is 18.3 Å². The molecule has 0 saturated carbocycles. The summed E-state index contributed by atoms with van der Waals surface area (Å²) in [4.78, 5) is 14.6. The summed E-state index contributed by atoms with van der Waals surface area (Å²) in [5.41, 5.74) is 1.05. The molecule has 2 aromatic rings. The average Bonchev–Trinajstić information content (AvgIpc) is 2.77. The van der Waals surface area contributed by atoms with Crippen LogP contribution in [0, 0.1) is 10.1 Å². The van der Waals surface area contributed by atoms with Gasteiger partial charge < -0.3 is 4.57 Å². The first-order valence-electron chi connectivity index (χ1n) is 5.94. The lowest BCUT2D eigenvalue weighted by Crippen LogP contribution is -2.04. The van der Waals surface area contributed by atoms with E-state index >= 15 is 0 Å². The molecule has 0 aliphatic rings. The van der Waals surface area contributed by atoms with Crippen LogP contribution >= 0.6 is 0 Å². The van der Waals surface area contributed by atoms with Crippen molar-refractivity contribution in [3.05, 3.63) is 58.2 Å². The lowest BCUT2D eigenvalue weighted by atomic mass is 10.2. The zero-order chi connectivity index (χ0) is 13.0. The Morgan fingerprint density at radius 3 is 3.00 bits per heavy atom. The highest BCUT2D eigenvalue weighted by Gasteiger charge is 2.07. The van der Waals surface area contributed by atoms with E-state index in [4.69, 9.17) is 0 Å². The number of aromatic nitrogens is 2. The van der Waals surface area contributed by atoms with Crippen LogP contribution in [0.15, 0.2) is 36.7 Å². The highest BCUT2D eigenvalue weighted by Crippen LogP contribution is 2.15. The Labute approximate surface area is 105 Å². The number of non-ortho nitro benzene ring substituents is 1. The van der Waals surface area contributed by atoms with E-state index in [0.29, 0.717) is 6.54 Å². The first-order chi connectivity index (χ1) is 8.70. The van der Waals surface area contributed by atoms with Crippen molar-refractivity contribution in [1.29, 1.82) is 0 Å². The van der Waals surface area contributed by atoms with E-state index in [1.165, 1.54) is 6.07 Å². The van der Waals surface area contributed by atoms with Crippen molar-refractivity contribution in [1.82, 2.24) is 9.55 Å². The molecular formula is C13H15N3O2. The van der Waals surface area contributed by atoms with E-state index in [-0.39, 0.29) is 10.6 Å². The maximum atomic E-state index is 10.7. The zero-order valence-corrected chi connectivity index (χ0v) is 10.2. The lowest BCUT2D eigenvalue weighted by molar-refractivity contribution is -0.384. The van der Waals surface area contributed by atoms with Crippen molar-refractivity contribution in [2.24, 2.45) is 0 Å². The fraction of sp³-hybridized carbons (Fsp3) is 0.308. The van der Waals surface area contributed by atoms with Crippen LogP contribution in [0.5, 0.6) is 0 Å². The molecule has 2 rings (SSSR count). The third kappa shape index (κ3) is 2.74. The molecule has 1 heterocycles. The molecule has 1 aromatic heterocycles. The van der Waals surface area contributed by atoms with Crippen LogP contribution in [-0.4, -0.2) is 14.5 Å². The highest BCUT2D eigenvalue weighted by molar-refractivity contribution is 5.34. The average molecular weight is 245 g/mol. The maximum absolute atomic E-state index is 10.7. The minimum Gasteiger partial charge on any atom is -0.331 e. The van der Waals surface area contributed by atoms with Gasteiger partial charge in [0.25, 0.3) is 5.69 Å². The monoisotopic (exact) mass is 245 g/mol. The minimum atomic E-state index is -0.371. The normalized spacial score (nSPS) is 10.5. The van der Waals surface area contributed by atoms with Crippen molar-refractivity contribution in [2.75, 3.05) is 0 Å². The number of nitro benzene ring substituents is 1. The number of rotatable bonds is 5. The molecule has 0 spiro atoms. The van der Waals surface area contributed by atoms with Crippen LogP contribution in [0.25, 0.3) is 0 Å². The van der Waals surface area contributed by atoms with Crippen LogP contribution in [0.4, 0.5) is 5.69 Å². The molecule has 0 N–H and O–H groups in total. The number of nitrogens with zero attached hydrogens (tertiary/aromatic N) is 3. The molecule has 0 bridgehead atoms. The predicted molar refractivity (Wildman–Crippen MR) is 68.4 cm³/mol. The fourth-order valence-corrected chi connectivity index (χ4v) is 1.90. The summed E-state index contributed by atoms with van der Waals surface area (Å²) in [6.07, 6.45) is 5.63. The van der Waals surface area contributed by atoms with Gasteiger partial charge in [0, 0.05) is 37.5 Å². The predicted octanol–water partition coefficient (Wildman–Crippen LogP) is 2.79. The van der Waals surface area contributed by atoms with Crippen LogP contribution < -0.4 is 0 Å². The summed E-state index contributed by atoms with van der Waals surface area (Å²) in [5, 5.41) is 10.7. The van der Waals surface area contributed by atoms with Crippen LogP contribution in [0.2, 0.25) is 0 Å². The first kappa shape index (κ1) is 12.3. The maximum Gasteiger partial charge on any atom is 0.269 e. The number of nitro groups is 1. The standard InChI is InChI=1S/C13H15N3O2/c1-2-4-13-14-7-8-15(13)10-11-5-3-6-12(9-11)16(17)18/h3,5-9H,2,4,10H2,1H3. The Kier molecular flexibility index (Phi) is 3.72. The van der Waals surface area contributed by atoms with Crippen LogP contribution in [-0.2, 0) is 13.0 Å². The van der Waals surface area contributed by atoms with E-state index in [2.05, 4.69) is 11.9 Å². The third-order valence-electron chi connectivity index (χ3n) is 2.75. The van der Waals surface area contributed by atoms with Gasteiger partial charge in [-0.15, -0.1) is 0 Å². The second-order valence-corrected chi connectivity index (χ2v) is 4.15. The Morgan fingerprint density at radius 1 is 1.44 bits per heavy atom. The summed E-state index contributed by atoms with van der Waals surface area (Å²) >= 11 is 0. The van der Waals surface area contributed by atoms with Gasteiger partial charge in [-0.3, -0.25) is 10.1 Å². The Morgan fingerprint density at radius 2 is 2.28 bits per heavy atom. The number of hydrogen-bond donors (Lipinski definition) is 0. The van der Waals surface area contributed by atoms with E-state index in [0.717, 1.165) is 24.2 Å². The molecule has 0 fully saturated rings. The SMILES string of the molecule is CCCc1nccn1Cc1cccc([N+](=O)[O-])c1. The summed E-state index contributed by atoms with van der Waals surface area (Å²) in [6, 6.07) is 6.71. The Bertz CT molecular complexity index is 549. The van der Waals surface area contributed by atoms with Crippen molar-refractivity contribution < 1.29 is 4.92 Å². The second-order valence-electron chi connectivity index (χ2n) is 4.15. The molecule has 5 nitrogen and oxygen atoms in total. The third-order valence-corrected chi connectivity index (χ3v) is 2.75. The van der Waals surface area contributed by atoms with Gasteiger partial charge in [0.05, 0.1) is 4.92 Å². The summed E-state index contributed by atoms with van der Waals surface area (Å²) in [7, 11) is 0. The molecule has 0 aliphatic heterocycles. The van der Waals surface area contributed by atoms with Gasteiger partial charge in [-0.05, 0) is 12.0 Å². The van der Waals surface area contributed by atoms with Gasteiger partial charge in [0.15, 0.2) is 0 Å². The van der Waals surface area contributed by atoms with Gasteiger partial charge in [-0.25, -0.2) is 4.98 Å². The zero-order valence-electron chi connectivity index (χ0n) is 10.2. The molecule has 0 radical (unpaired) electrons. The molecule has 94 valence electrons. The van der Waals surface area contributed by atoms with Crippen LogP contribution in [0.3, 0.4) is 0 Å². The van der Waals surface area contributed by atoms with E-state index in [1.807, 2.05) is 16.8 Å². The number of imidazole rings is 1. The molecule has 5 heteroatoms. The smallest absolute Gasteiger partial charge is 0.269 e. The molecule has 0 atom stereocenters. The molecule has 0 aliphatic carbocycles. The minimum absolute atomic E-state index is 0.129. The second kappa shape index (κ2) is 5.44. The quantitative estimate of drug-likeness (QED) is 0.601. The van der Waals surface area contributed by atoms with Crippen molar-refractivity contribution in [3.8, 4) is 0 Å². The lowest BCUT2D eigenvalue weighted by Gasteiger charge is -2.07. The summed E-state index contributed by atoms with van der Waals surface area (Å²) < 4.78 is 2.03. The van der Waals surface area contributed by atoms with Crippen molar-refractivity contribution >= 4 is 5.69 Å². The summed E-state index contributed by atoms with van der Waals surface area (Å²) in [5.74, 6) is 1.02. The van der Waals surface area contributed by atoms with Crippen molar-refractivity contribution in [2.45, 2.75) is 26.3 Å². The largest absolute Gasteiger partial charge is 0.331 e. The van der Waals surface area contributed by atoms with Gasteiger partial charge in [-0.2, -0.15) is 0 Å². The molecule has 1 aromatic carbocycles. The molecule has 18 heavy (non-hydrogen) atoms. The van der Waals surface area contributed by atoms with E-state index < -0.39 is 0 Å². The van der Waals surface area contributed by atoms with E-state index in [9.17, 15) is 10.1 Å². The summed E-state index contributed by atoms with van der Waals surface area (Å²) in [6.45, 7) is 2.73. The van der Waals surface area contributed by atoms with Gasteiger partial charge in [-0.1, -0.05) is 19.1 Å². The highest BCUT2D eigenvalue weighted by atomic mass is 16.6. The Balaban J connectivity index is 2.20. The van der Waals surface area contributed by atoms with Crippen LogP contribution in [0.1, 0.15) is 24.7 Å². The fourth-order valence-electron chi connectivity index (χ4n) is 1.90. The first-order valence-corrected chi connectivity index (χ1v) is 5.94. The van der Waals surface area contributed by atoms with Crippen molar-refractivity contribution in [3.63, 3.8) is 0 Å². The number of hydrogen-bond acceptors (Lipinski definition) is 3. The number of aryl methyl sites for hydroxylation is 1. The van der Waals surface area contributed by atoms with Gasteiger partial charge >= 0.3 is 0 Å². The number of benzene rings is 1. The molecule has 0 amide bonds. The van der Waals surface area contributed by atoms with Gasteiger partial charge in [0.1, 0.15) is 5.82 Å². The molecule has 0 saturated heterocycles. The molecule has 0 unspecified atom stereocenters.